The molecule has 168 valence electrons. The van der Waals surface area contributed by atoms with E-state index < -0.39 is 10.5 Å². The molecule has 0 spiro atoms. The molecule has 0 unspecified atom stereocenters. The maximum atomic E-state index is 12.3. The van der Waals surface area contributed by atoms with Gasteiger partial charge in [0.25, 0.3) is 11.1 Å². The van der Waals surface area contributed by atoms with Crippen molar-refractivity contribution in [1.82, 2.24) is 8.80 Å². The lowest BCUT2D eigenvalue weighted by atomic mass is 10.2. The zero-order chi connectivity index (χ0) is 24.0. The summed E-state index contributed by atoms with van der Waals surface area (Å²) in [6, 6.07) is 10.8. The van der Waals surface area contributed by atoms with Crippen LogP contribution in [0.2, 0.25) is 0 Å². The third-order valence-corrected chi connectivity index (χ3v) is 5.18. The van der Waals surface area contributed by atoms with Gasteiger partial charge in [-0.3, -0.25) is 32.8 Å². The van der Waals surface area contributed by atoms with Gasteiger partial charge >= 0.3 is 0 Å². The van der Waals surface area contributed by atoms with Crippen molar-refractivity contribution in [3.63, 3.8) is 0 Å². The number of hydrogen-bond acceptors (Lipinski definition) is 5. The van der Waals surface area contributed by atoms with E-state index in [2.05, 4.69) is 0 Å². The molecule has 0 aliphatic heterocycles. The highest BCUT2D eigenvalue weighted by Gasteiger charge is 2.09. The Morgan fingerprint density at radius 1 is 0.879 bits per heavy atom. The second-order valence-corrected chi connectivity index (χ2v) is 7.88. The van der Waals surface area contributed by atoms with Crippen molar-refractivity contribution in [3.8, 4) is 0 Å². The number of allylic oxidation sites excluding steroid dienone is 4. The summed E-state index contributed by atoms with van der Waals surface area (Å²) in [5, 5.41) is -0.122. The number of fused-ring (bicyclic) bond motifs is 3. The van der Waals surface area contributed by atoms with Gasteiger partial charge in [-0.2, -0.15) is 0 Å². The summed E-state index contributed by atoms with van der Waals surface area (Å²) >= 11 is 9.74. The van der Waals surface area contributed by atoms with Gasteiger partial charge in [0, 0.05) is 36.3 Å². The summed E-state index contributed by atoms with van der Waals surface area (Å²) in [5.41, 5.74) is 2.08. The Kier molecular flexibility index (Phi) is 7.92. The average Bonchev–Trinajstić information content (AvgIpc) is 3.55. The van der Waals surface area contributed by atoms with Crippen molar-refractivity contribution < 1.29 is 14.4 Å². The minimum Gasteiger partial charge on any atom is -0.298 e. The molecule has 1 aliphatic rings. The maximum absolute atomic E-state index is 12.3. The van der Waals surface area contributed by atoms with Crippen molar-refractivity contribution in [1.29, 1.82) is 0 Å². The number of halogens is 2. The quantitative estimate of drug-likeness (QED) is 0.323. The molecular formula is C24H18Cl2N2O5. The number of carbonyl (C=O) groups is 3. The molecule has 4 aromatic heterocycles. The molecule has 4 aromatic rings. The first kappa shape index (κ1) is 24.1. The monoisotopic (exact) mass is 484 g/mol. The molecule has 1 aliphatic carbocycles. The van der Waals surface area contributed by atoms with Crippen LogP contribution in [0.25, 0.3) is 21.8 Å². The van der Waals surface area contributed by atoms with Crippen LogP contribution in [0, 0.1) is 0 Å². The Balaban J connectivity index is 0.000000171. The lowest BCUT2D eigenvalue weighted by Gasteiger charge is -2.01. The molecule has 0 aromatic carbocycles. The minimum absolute atomic E-state index is 0.0316. The van der Waals surface area contributed by atoms with Crippen molar-refractivity contribution in [3.05, 3.63) is 93.3 Å². The van der Waals surface area contributed by atoms with Crippen LogP contribution in [-0.2, 0) is 14.4 Å². The molecule has 4 heterocycles. The van der Waals surface area contributed by atoms with E-state index in [0.29, 0.717) is 10.8 Å². The largest absolute Gasteiger partial charge is 0.298 e. The predicted octanol–water partition coefficient (Wildman–Crippen LogP) is 3.87. The van der Waals surface area contributed by atoms with Gasteiger partial charge in [-0.05, 0) is 71.6 Å². The van der Waals surface area contributed by atoms with Crippen LogP contribution in [0.1, 0.15) is 19.3 Å². The van der Waals surface area contributed by atoms with Crippen LogP contribution in [0.15, 0.2) is 82.2 Å². The van der Waals surface area contributed by atoms with E-state index in [1.807, 2.05) is 30.4 Å². The van der Waals surface area contributed by atoms with Crippen molar-refractivity contribution in [2.24, 2.45) is 0 Å². The normalized spacial score (nSPS) is 12.1. The van der Waals surface area contributed by atoms with E-state index in [-0.39, 0.29) is 24.0 Å². The summed E-state index contributed by atoms with van der Waals surface area (Å²) < 4.78 is 3.11. The highest BCUT2D eigenvalue weighted by Crippen LogP contribution is 2.13. The Bertz CT molecular complexity index is 1420. The molecule has 0 amide bonds. The summed E-state index contributed by atoms with van der Waals surface area (Å²) in [6.45, 7) is 0. The van der Waals surface area contributed by atoms with Gasteiger partial charge in [0.1, 0.15) is 6.29 Å². The molecule has 9 heteroatoms. The summed E-state index contributed by atoms with van der Waals surface area (Å²) in [5.74, 6) is 0. The Labute approximate surface area is 197 Å². The van der Waals surface area contributed by atoms with E-state index in [9.17, 15) is 24.0 Å². The maximum Gasteiger partial charge on any atom is 0.263 e. The summed E-state index contributed by atoms with van der Waals surface area (Å²) in [7, 11) is 0. The Hall–Kier alpha value is -3.55. The number of rotatable bonds is 4. The molecule has 0 saturated heterocycles. The fourth-order valence-electron chi connectivity index (χ4n) is 3.21. The molecule has 33 heavy (non-hydrogen) atoms. The molecule has 0 atom stereocenters. The first-order chi connectivity index (χ1) is 15.8. The van der Waals surface area contributed by atoms with E-state index >= 15 is 0 Å². The molecule has 0 bridgehead atoms. The lowest BCUT2D eigenvalue weighted by Crippen LogP contribution is -2.18. The van der Waals surface area contributed by atoms with E-state index in [0.717, 1.165) is 29.3 Å². The fraction of sp³-hybridized carbons (Fsp3) is 0.125. The molecular weight excluding hydrogens is 467 g/mol. The van der Waals surface area contributed by atoms with Crippen LogP contribution in [0.5, 0.6) is 0 Å². The molecule has 0 saturated carbocycles. The smallest absolute Gasteiger partial charge is 0.263 e. The number of carbonyl (C=O) groups excluding carboxylic acids is 3. The third-order valence-electron chi connectivity index (χ3n) is 4.80. The van der Waals surface area contributed by atoms with Gasteiger partial charge in [0.2, 0.25) is 10.5 Å². The van der Waals surface area contributed by atoms with Crippen LogP contribution >= 0.6 is 23.2 Å². The first-order valence-electron chi connectivity index (χ1n) is 9.87. The van der Waals surface area contributed by atoms with Crippen molar-refractivity contribution in [2.45, 2.75) is 19.3 Å². The topological polar surface area (TPSA) is 94.2 Å². The Morgan fingerprint density at radius 3 is 1.70 bits per heavy atom. The van der Waals surface area contributed by atoms with Crippen molar-refractivity contribution in [2.75, 3.05) is 0 Å². The van der Waals surface area contributed by atoms with Gasteiger partial charge in [-0.15, -0.1) is 0 Å². The molecule has 7 nitrogen and oxygen atoms in total. The molecule has 0 fully saturated rings. The van der Waals surface area contributed by atoms with Gasteiger partial charge in [0.05, 0.1) is 10.8 Å². The lowest BCUT2D eigenvalue weighted by molar-refractivity contribution is -0.116. The second kappa shape index (κ2) is 10.8. The SMILES string of the molecule is O=C(Cl)CCC(=O)Cl.O=CC1=CC=CC1.O=c1c2cc3cccn3c(=O)c2cc2cccn12. The van der Waals surface area contributed by atoms with E-state index in [1.165, 1.54) is 0 Å². The predicted molar refractivity (Wildman–Crippen MR) is 128 cm³/mol. The molecule has 0 N–H and O–H groups in total. The Morgan fingerprint density at radius 2 is 1.36 bits per heavy atom. The highest BCUT2D eigenvalue weighted by molar-refractivity contribution is 6.65. The minimum atomic E-state index is -0.529. The fourth-order valence-corrected chi connectivity index (χ4v) is 3.39. The zero-order valence-electron chi connectivity index (χ0n) is 17.2. The van der Waals surface area contributed by atoms with Gasteiger partial charge in [-0.25, -0.2) is 0 Å². The standard InChI is InChI=1S/C14H8N2O2.C6H6O.C4H4Cl2O2/c17-13-12-8-10-4-2-6-16(10)14(18)11(12)7-9-3-1-5-15(9)13;7-5-6-3-1-2-4-6;5-3(7)1-2-4(6)8/h1-8H;1-3,5H,4H2;1-2H2. The molecule has 0 radical (unpaired) electrons. The zero-order valence-corrected chi connectivity index (χ0v) is 18.8. The number of nitrogens with zero attached hydrogens (tertiary/aromatic N) is 2. The second-order valence-electron chi connectivity index (χ2n) is 7.03. The third kappa shape index (κ3) is 5.83. The summed E-state index contributed by atoms with van der Waals surface area (Å²) in [6.07, 6.45) is 10.9. The highest BCUT2D eigenvalue weighted by atomic mass is 35.5. The van der Waals surface area contributed by atoms with E-state index in [4.69, 9.17) is 23.2 Å². The number of aldehydes is 1. The van der Waals surface area contributed by atoms with Gasteiger partial charge in [0.15, 0.2) is 0 Å². The number of aromatic nitrogens is 2. The van der Waals surface area contributed by atoms with E-state index in [1.54, 1.807) is 45.5 Å². The van der Waals surface area contributed by atoms with Gasteiger partial charge in [-0.1, -0.05) is 18.2 Å². The van der Waals surface area contributed by atoms with Crippen LogP contribution in [-0.4, -0.2) is 25.6 Å². The van der Waals surface area contributed by atoms with Crippen LogP contribution < -0.4 is 11.1 Å². The molecule has 5 rings (SSSR count). The van der Waals surface area contributed by atoms with Crippen molar-refractivity contribution >= 4 is 61.8 Å². The number of hydrogen-bond donors (Lipinski definition) is 0. The van der Waals surface area contributed by atoms with Crippen LogP contribution in [0.3, 0.4) is 0 Å². The van der Waals surface area contributed by atoms with Gasteiger partial charge < -0.3 is 0 Å². The average molecular weight is 485 g/mol. The van der Waals surface area contributed by atoms with Crippen LogP contribution in [0.4, 0.5) is 0 Å². The summed E-state index contributed by atoms with van der Waals surface area (Å²) in [4.78, 5) is 54.3. The first-order valence-corrected chi connectivity index (χ1v) is 10.6. The number of pyridine rings is 2.